The minimum Gasteiger partial charge on any atom is -0.389 e. The molecule has 0 saturated heterocycles. The summed E-state index contributed by atoms with van der Waals surface area (Å²) in [6.07, 6.45) is 4.53. The maximum atomic E-state index is 5.88. The molecule has 0 amide bonds. The molecular weight excluding hydrogens is 393 g/mol. The molecule has 1 aromatic carbocycles. The van der Waals surface area contributed by atoms with Crippen molar-refractivity contribution in [3.8, 4) is 0 Å². The molecule has 0 fully saturated rings. The van der Waals surface area contributed by atoms with Crippen molar-refractivity contribution in [3.05, 3.63) is 50.7 Å². The van der Waals surface area contributed by atoms with Gasteiger partial charge in [-0.2, -0.15) is 0 Å². The Morgan fingerprint density at radius 2 is 2.05 bits per heavy atom. The standard InChI is InChI=1S/C16H16IN3S/c17-11-5-3-6-12(9-11)19-16-13(15(18)21)8-10-4-1-2-7-14(10)20-16/h3,5-6,8-9H,1-2,4,7H2,(H2,18,21)(H,19,20). The highest BCUT2D eigenvalue weighted by molar-refractivity contribution is 14.1. The van der Waals surface area contributed by atoms with Gasteiger partial charge in [-0.3, -0.25) is 0 Å². The average Bonchev–Trinajstić information content (AvgIpc) is 2.46. The number of rotatable bonds is 3. The first-order valence-electron chi connectivity index (χ1n) is 6.98. The lowest BCUT2D eigenvalue weighted by atomic mass is 9.94. The minimum absolute atomic E-state index is 0.393. The van der Waals surface area contributed by atoms with Crippen molar-refractivity contribution in [2.75, 3.05) is 5.32 Å². The van der Waals surface area contributed by atoms with Crippen molar-refractivity contribution in [2.45, 2.75) is 25.7 Å². The van der Waals surface area contributed by atoms with Gasteiger partial charge in [0.2, 0.25) is 0 Å². The van der Waals surface area contributed by atoms with E-state index in [1.54, 1.807) is 0 Å². The van der Waals surface area contributed by atoms with Gasteiger partial charge in [0.15, 0.2) is 0 Å². The van der Waals surface area contributed by atoms with Gasteiger partial charge in [-0.15, -0.1) is 0 Å². The maximum Gasteiger partial charge on any atom is 0.140 e. The summed E-state index contributed by atoms with van der Waals surface area (Å²) < 4.78 is 1.17. The zero-order chi connectivity index (χ0) is 14.8. The summed E-state index contributed by atoms with van der Waals surface area (Å²) >= 11 is 7.49. The van der Waals surface area contributed by atoms with Crippen LogP contribution in [0.3, 0.4) is 0 Å². The van der Waals surface area contributed by atoms with Crippen LogP contribution in [0.1, 0.15) is 29.7 Å². The van der Waals surface area contributed by atoms with E-state index in [0.29, 0.717) is 4.99 Å². The predicted molar refractivity (Wildman–Crippen MR) is 99.2 cm³/mol. The van der Waals surface area contributed by atoms with Crippen LogP contribution in [0.5, 0.6) is 0 Å². The second-order valence-electron chi connectivity index (χ2n) is 5.20. The molecule has 1 aromatic heterocycles. The molecule has 1 aliphatic carbocycles. The number of pyridine rings is 1. The predicted octanol–water partition coefficient (Wildman–Crippen LogP) is 3.94. The van der Waals surface area contributed by atoms with Crippen LogP contribution in [0.15, 0.2) is 30.3 Å². The molecule has 5 heteroatoms. The number of anilines is 2. The molecule has 0 bridgehead atoms. The molecule has 3 N–H and O–H groups in total. The number of fused-ring (bicyclic) bond motifs is 1. The van der Waals surface area contributed by atoms with Crippen molar-refractivity contribution in [1.82, 2.24) is 4.98 Å². The van der Waals surface area contributed by atoms with Crippen LogP contribution in [0.2, 0.25) is 0 Å². The van der Waals surface area contributed by atoms with Gasteiger partial charge in [-0.05, 0) is 78.1 Å². The summed E-state index contributed by atoms with van der Waals surface area (Å²) in [5.74, 6) is 0.769. The van der Waals surface area contributed by atoms with E-state index in [2.05, 4.69) is 46.1 Å². The number of nitrogens with one attached hydrogen (secondary N) is 1. The summed E-state index contributed by atoms with van der Waals surface area (Å²) in [6, 6.07) is 10.3. The number of aromatic nitrogens is 1. The largest absolute Gasteiger partial charge is 0.389 e. The van der Waals surface area contributed by atoms with Gasteiger partial charge >= 0.3 is 0 Å². The Bertz CT molecular complexity index is 700. The molecule has 0 atom stereocenters. The fraction of sp³-hybridized carbons (Fsp3) is 0.250. The number of hydrogen-bond acceptors (Lipinski definition) is 3. The fourth-order valence-corrected chi connectivity index (χ4v) is 3.32. The van der Waals surface area contributed by atoms with Crippen LogP contribution in [0, 0.1) is 3.57 Å². The van der Waals surface area contributed by atoms with Gasteiger partial charge in [0.1, 0.15) is 10.8 Å². The van der Waals surface area contributed by atoms with Crippen LogP contribution in [-0.4, -0.2) is 9.97 Å². The van der Waals surface area contributed by atoms with Crippen molar-refractivity contribution >= 4 is 51.3 Å². The first-order valence-corrected chi connectivity index (χ1v) is 8.47. The second-order valence-corrected chi connectivity index (χ2v) is 6.88. The second kappa shape index (κ2) is 6.27. The number of hydrogen-bond donors (Lipinski definition) is 2. The topological polar surface area (TPSA) is 50.9 Å². The van der Waals surface area contributed by atoms with Crippen LogP contribution in [0.4, 0.5) is 11.5 Å². The smallest absolute Gasteiger partial charge is 0.140 e. The number of thiocarbonyl (C=S) groups is 1. The molecule has 0 spiro atoms. The summed E-state index contributed by atoms with van der Waals surface area (Å²) in [5, 5.41) is 3.36. The Morgan fingerprint density at radius 3 is 2.81 bits per heavy atom. The maximum absolute atomic E-state index is 5.88. The average molecular weight is 409 g/mol. The Kier molecular flexibility index (Phi) is 4.40. The van der Waals surface area contributed by atoms with E-state index < -0.39 is 0 Å². The van der Waals surface area contributed by atoms with Crippen LogP contribution in [0.25, 0.3) is 0 Å². The number of halogens is 1. The summed E-state index contributed by atoms with van der Waals surface area (Å²) in [7, 11) is 0. The van der Waals surface area contributed by atoms with Gasteiger partial charge in [0, 0.05) is 15.0 Å². The van der Waals surface area contributed by atoms with Crippen LogP contribution in [-0.2, 0) is 12.8 Å². The zero-order valence-electron chi connectivity index (χ0n) is 11.5. The number of aryl methyl sites for hydroxylation is 2. The van der Waals surface area contributed by atoms with E-state index in [9.17, 15) is 0 Å². The van der Waals surface area contributed by atoms with E-state index in [-0.39, 0.29) is 0 Å². The van der Waals surface area contributed by atoms with E-state index in [0.717, 1.165) is 29.9 Å². The summed E-state index contributed by atoms with van der Waals surface area (Å²) in [4.78, 5) is 5.17. The highest BCUT2D eigenvalue weighted by atomic mass is 127. The Labute approximate surface area is 143 Å². The molecule has 3 nitrogen and oxygen atoms in total. The number of benzene rings is 1. The zero-order valence-corrected chi connectivity index (χ0v) is 14.5. The highest BCUT2D eigenvalue weighted by Crippen LogP contribution is 2.27. The van der Waals surface area contributed by atoms with Gasteiger partial charge in [-0.25, -0.2) is 4.98 Å². The molecule has 1 aliphatic rings. The molecule has 0 aliphatic heterocycles. The lowest BCUT2D eigenvalue weighted by molar-refractivity contribution is 0.668. The third-order valence-corrected chi connectivity index (χ3v) is 4.54. The fourth-order valence-electron chi connectivity index (χ4n) is 2.62. The van der Waals surface area contributed by atoms with Crippen molar-refractivity contribution in [3.63, 3.8) is 0 Å². The summed E-state index contributed by atoms with van der Waals surface area (Å²) in [6.45, 7) is 0. The van der Waals surface area contributed by atoms with Crippen molar-refractivity contribution in [2.24, 2.45) is 5.73 Å². The van der Waals surface area contributed by atoms with Gasteiger partial charge in [0.25, 0.3) is 0 Å². The normalized spacial score (nSPS) is 13.6. The van der Waals surface area contributed by atoms with Crippen LogP contribution < -0.4 is 11.1 Å². The third kappa shape index (κ3) is 3.35. The summed E-state index contributed by atoms with van der Waals surface area (Å²) in [5.41, 5.74) is 10.2. The first-order chi connectivity index (χ1) is 10.1. The molecule has 21 heavy (non-hydrogen) atoms. The molecular formula is C16H16IN3S. The van der Waals surface area contributed by atoms with E-state index in [1.807, 2.05) is 12.1 Å². The molecule has 0 saturated carbocycles. The van der Waals surface area contributed by atoms with E-state index in [4.69, 9.17) is 22.9 Å². The number of nitrogens with zero attached hydrogens (tertiary/aromatic N) is 1. The SMILES string of the molecule is NC(=S)c1cc2c(nc1Nc1cccc(I)c1)CCCC2. The molecule has 2 aromatic rings. The Balaban J connectivity index is 2.01. The molecule has 3 rings (SSSR count). The van der Waals surface area contributed by atoms with Gasteiger partial charge in [-0.1, -0.05) is 18.3 Å². The third-order valence-electron chi connectivity index (χ3n) is 3.65. The quantitative estimate of drug-likeness (QED) is 0.596. The van der Waals surface area contributed by atoms with E-state index >= 15 is 0 Å². The van der Waals surface area contributed by atoms with E-state index in [1.165, 1.54) is 27.7 Å². The molecule has 1 heterocycles. The molecule has 108 valence electrons. The molecule has 0 unspecified atom stereocenters. The molecule has 0 radical (unpaired) electrons. The lowest BCUT2D eigenvalue weighted by Gasteiger charge is -2.19. The Hall–Kier alpha value is -1.21. The van der Waals surface area contributed by atoms with Gasteiger partial charge < -0.3 is 11.1 Å². The van der Waals surface area contributed by atoms with Crippen molar-refractivity contribution < 1.29 is 0 Å². The minimum atomic E-state index is 0.393. The highest BCUT2D eigenvalue weighted by Gasteiger charge is 2.16. The first kappa shape index (κ1) is 14.7. The monoisotopic (exact) mass is 409 g/mol. The van der Waals surface area contributed by atoms with Crippen molar-refractivity contribution in [1.29, 1.82) is 0 Å². The Morgan fingerprint density at radius 1 is 1.24 bits per heavy atom. The van der Waals surface area contributed by atoms with Gasteiger partial charge in [0.05, 0.1) is 5.56 Å². The lowest BCUT2D eigenvalue weighted by Crippen LogP contribution is -2.16. The van der Waals surface area contributed by atoms with Crippen LogP contribution >= 0.6 is 34.8 Å². The number of nitrogens with two attached hydrogens (primary N) is 1.